The summed E-state index contributed by atoms with van der Waals surface area (Å²) >= 11 is 1.60. The lowest BCUT2D eigenvalue weighted by molar-refractivity contribution is -0.144. The maximum atomic E-state index is 12.9. The SMILES string of the molecule is CSc1nnc(CCCNc2cc(C)nc3nc(C(F)(F)F)nn23)n1C1CCCC1. The highest BCUT2D eigenvalue weighted by molar-refractivity contribution is 7.98. The average Bonchev–Trinajstić information content (AvgIpc) is 3.42. The molecule has 30 heavy (non-hydrogen) atoms. The van der Waals surface area contributed by atoms with Gasteiger partial charge in [-0.25, -0.2) is 4.98 Å². The number of anilines is 1. The molecule has 1 saturated carbocycles. The maximum Gasteiger partial charge on any atom is 0.453 e. The van der Waals surface area contributed by atoms with E-state index in [4.69, 9.17) is 0 Å². The van der Waals surface area contributed by atoms with E-state index in [1.54, 1.807) is 24.8 Å². The number of alkyl halides is 3. The van der Waals surface area contributed by atoms with Crippen molar-refractivity contribution in [3.05, 3.63) is 23.4 Å². The van der Waals surface area contributed by atoms with Crippen LogP contribution in [0, 0.1) is 6.92 Å². The molecule has 0 bridgehead atoms. The van der Waals surface area contributed by atoms with Crippen LogP contribution in [-0.2, 0) is 12.6 Å². The van der Waals surface area contributed by atoms with Gasteiger partial charge in [-0.3, -0.25) is 0 Å². The lowest BCUT2D eigenvalue weighted by atomic mass is 10.2. The monoisotopic (exact) mass is 440 g/mol. The Morgan fingerprint density at radius 1 is 1.20 bits per heavy atom. The second-order valence-corrected chi connectivity index (χ2v) is 8.14. The number of thioether (sulfide) groups is 1. The molecule has 4 rings (SSSR count). The van der Waals surface area contributed by atoms with Crippen molar-refractivity contribution < 1.29 is 13.2 Å². The minimum Gasteiger partial charge on any atom is -0.370 e. The third-order valence-electron chi connectivity index (χ3n) is 5.18. The van der Waals surface area contributed by atoms with Crippen molar-refractivity contribution in [2.45, 2.75) is 62.8 Å². The first-order valence-corrected chi connectivity index (χ1v) is 11.1. The molecular formula is C18H23F3N8S. The zero-order chi connectivity index (χ0) is 21.3. The second-order valence-electron chi connectivity index (χ2n) is 7.37. The second kappa shape index (κ2) is 8.40. The molecule has 3 aromatic rings. The molecule has 0 saturated heterocycles. The third kappa shape index (κ3) is 4.23. The van der Waals surface area contributed by atoms with E-state index in [1.165, 1.54) is 12.8 Å². The summed E-state index contributed by atoms with van der Waals surface area (Å²) in [7, 11) is 0. The fraction of sp³-hybridized carbons (Fsp3) is 0.611. The van der Waals surface area contributed by atoms with Gasteiger partial charge in [0.15, 0.2) is 5.16 Å². The van der Waals surface area contributed by atoms with Gasteiger partial charge in [-0.2, -0.15) is 22.7 Å². The van der Waals surface area contributed by atoms with Gasteiger partial charge in [0.2, 0.25) is 0 Å². The lowest BCUT2D eigenvalue weighted by Gasteiger charge is -2.16. The molecule has 0 radical (unpaired) electrons. The molecule has 0 aromatic carbocycles. The Balaban J connectivity index is 1.45. The average molecular weight is 440 g/mol. The van der Waals surface area contributed by atoms with Gasteiger partial charge in [-0.15, -0.1) is 15.3 Å². The van der Waals surface area contributed by atoms with Crippen LogP contribution in [0.25, 0.3) is 5.78 Å². The fourth-order valence-electron chi connectivity index (χ4n) is 3.84. The van der Waals surface area contributed by atoms with Gasteiger partial charge in [0.1, 0.15) is 11.6 Å². The summed E-state index contributed by atoms with van der Waals surface area (Å²) in [4.78, 5) is 7.54. The molecule has 0 spiro atoms. The van der Waals surface area contributed by atoms with Crippen molar-refractivity contribution in [1.29, 1.82) is 0 Å². The summed E-state index contributed by atoms with van der Waals surface area (Å²) < 4.78 is 42.2. The summed E-state index contributed by atoms with van der Waals surface area (Å²) in [6.07, 6.45) is 3.64. The molecule has 1 N–H and O–H groups in total. The highest BCUT2D eigenvalue weighted by atomic mass is 32.2. The molecule has 8 nitrogen and oxygen atoms in total. The Morgan fingerprint density at radius 3 is 2.67 bits per heavy atom. The standard InChI is InChI=1S/C18H23F3N8S/c1-11-10-14(29-16(23-11)24-15(27-29)18(19,20)21)22-9-5-8-13-25-26-17(30-2)28(13)12-6-3-4-7-12/h10,12,22H,3-9H2,1-2H3. The Labute approximate surface area is 175 Å². The normalized spacial score (nSPS) is 15.4. The topological polar surface area (TPSA) is 85.8 Å². The van der Waals surface area contributed by atoms with Crippen LogP contribution in [0.1, 0.15) is 55.5 Å². The van der Waals surface area contributed by atoms with Gasteiger partial charge in [0.25, 0.3) is 11.6 Å². The summed E-state index contributed by atoms with van der Waals surface area (Å²) in [6.45, 7) is 2.26. The molecule has 0 aliphatic heterocycles. The molecular weight excluding hydrogens is 417 g/mol. The predicted octanol–water partition coefficient (Wildman–Crippen LogP) is 3.92. The Kier molecular flexibility index (Phi) is 5.85. The van der Waals surface area contributed by atoms with E-state index in [1.807, 2.05) is 6.26 Å². The summed E-state index contributed by atoms with van der Waals surface area (Å²) in [6, 6.07) is 2.12. The molecule has 12 heteroatoms. The van der Waals surface area contributed by atoms with Gasteiger partial charge in [-0.05, 0) is 32.4 Å². The quantitative estimate of drug-likeness (QED) is 0.440. The molecule has 0 unspecified atom stereocenters. The molecule has 1 fully saturated rings. The molecule has 3 aromatic heterocycles. The number of hydrogen-bond donors (Lipinski definition) is 1. The van der Waals surface area contributed by atoms with Crippen LogP contribution in [-0.4, -0.2) is 47.1 Å². The molecule has 162 valence electrons. The van der Waals surface area contributed by atoms with E-state index in [2.05, 4.69) is 35.1 Å². The largest absolute Gasteiger partial charge is 0.453 e. The minimum atomic E-state index is -4.61. The Hall–Kier alpha value is -2.37. The first kappa shape index (κ1) is 20.9. The van der Waals surface area contributed by atoms with E-state index in [-0.39, 0.29) is 5.78 Å². The smallest absolute Gasteiger partial charge is 0.370 e. The number of halogens is 3. The molecule has 3 heterocycles. The van der Waals surface area contributed by atoms with E-state index in [0.717, 1.165) is 41.2 Å². The summed E-state index contributed by atoms with van der Waals surface area (Å²) in [5.41, 5.74) is 0.566. The van der Waals surface area contributed by atoms with E-state index in [0.29, 0.717) is 24.1 Å². The zero-order valence-electron chi connectivity index (χ0n) is 16.8. The number of fused-ring (bicyclic) bond motifs is 1. The van der Waals surface area contributed by atoms with E-state index >= 15 is 0 Å². The fourth-order valence-corrected chi connectivity index (χ4v) is 4.42. The highest BCUT2D eigenvalue weighted by Gasteiger charge is 2.36. The van der Waals surface area contributed by atoms with Crippen molar-refractivity contribution in [3.8, 4) is 0 Å². The Bertz CT molecular complexity index is 1020. The number of aryl methyl sites for hydroxylation is 2. The van der Waals surface area contributed by atoms with Crippen molar-refractivity contribution in [1.82, 2.24) is 34.3 Å². The zero-order valence-corrected chi connectivity index (χ0v) is 17.6. The van der Waals surface area contributed by atoms with Gasteiger partial charge >= 0.3 is 6.18 Å². The minimum absolute atomic E-state index is 0.0737. The van der Waals surface area contributed by atoms with Gasteiger partial charge < -0.3 is 9.88 Å². The first-order valence-electron chi connectivity index (χ1n) is 9.90. The van der Waals surface area contributed by atoms with Gasteiger partial charge in [-0.1, -0.05) is 24.6 Å². The number of nitrogens with zero attached hydrogens (tertiary/aromatic N) is 7. The number of aromatic nitrogens is 7. The van der Waals surface area contributed by atoms with Crippen LogP contribution >= 0.6 is 11.8 Å². The number of hydrogen-bond acceptors (Lipinski definition) is 7. The van der Waals surface area contributed by atoms with Gasteiger partial charge in [0.05, 0.1) is 0 Å². The number of nitrogens with one attached hydrogen (secondary N) is 1. The van der Waals surface area contributed by atoms with E-state index < -0.39 is 12.0 Å². The predicted molar refractivity (Wildman–Crippen MR) is 107 cm³/mol. The van der Waals surface area contributed by atoms with Crippen LogP contribution in [0.4, 0.5) is 19.0 Å². The Morgan fingerprint density at radius 2 is 1.97 bits per heavy atom. The third-order valence-corrected chi connectivity index (χ3v) is 5.83. The maximum absolute atomic E-state index is 12.9. The molecule has 0 atom stereocenters. The highest BCUT2D eigenvalue weighted by Crippen LogP contribution is 2.33. The van der Waals surface area contributed by atoms with Crippen molar-refractivity contribution in [3.63, 3.8) is 0 Å². The van der Waals surface area contributed by atoms with Crippen molar-refractivity contribution in [2.75, 3.05) is 18.1 Å². The van der Waals surface area contributed by atoms with Crippen molar-refractivity contribution in [2.24, 2.45) is 0 Å². The first-order chi connectivity index (χ1) is 14.4. The van der Waals surface area contributed by atoms with Crippen LogP contribution < -0.4 is 5.32 Å². The van der Waals surface area contributed by atoms with Crippen molar-refractivity contribution >= 4 is 23.4 Å². The lowest BCUT2D eigenvalue weighted by Crippen LogP contribution is -2.13. The van der Waals surface area contributed by atoms with Crippen LogP contribution in [0.5, 0.6) is 0 Å². The van der Waals surface area contributed by atoms with E-state index in [9.17, 15) is 13.2 Å². The molecule has 1 aliphatic carbocycles. The van der Waals surface area contributed by atoms with Crippen LogP contribution in [0.15, 0.2) is 11.2 Å². The van der Waals surface area contributed by atoms with Gasteiger partial charge in [0, 0.05) is 30.8 Å². The van der Waals surface area contributed by atoms with Crippen LogP contribution in [0.2, 0.25) is 0 Å². The number of rotatable bonds is 7. The summed E-state index contributed by atoms with van der Waals surface area (Å²) in [5.74, 6) is 0.125. The summed E-state index contributed by atoms with van der Waals surface area (Å²) in [5, 5.41) is 16.4. The molecule has 1 aliphatic rings. The van der Waals surface area contributed by atoms with Crippen LogP contribution in [0.3, 0.4) is 0 Å². The molecule has 0 amide bonds.